The van der Waals surface area contributed by atoms with Crippen LogP contribution in [0.15, 0.2) is 6.33 Å². The summed E-state index contributed by atoms with van der Waals surface area (Å²) >= 11 is 0. The second-order valence-corrected chi connectivity index (χ2v) is 5.45. The van der Waals surface area contributed by atoms with Crippen molar-refractivity contribution in [3.05, 3.63) is 12.2 Å². The molecule has 1 saturated heterocycles. The number of rotatable bonds is 5. The zero-order valence-corrected chi connectivity index (χ0v) is 11.3. The van der Waals surface area contributed by atoms with Crippen molar-refractivity contribution in [2.24, 2.45) is 11.8 Å². The maximum atomic E-state index is 12.2. The van der Waals surface area contributed by atoms with Crippen molar-refractivity contribution >= 4 is 5.78 Å². The Kier molecular flexibility index (Phi) is 4.11. The molecule has 2 unspecified atom stereocenters. The third-order valence-corrected chi connectivity index (χ3v) is 3.27. The molecule has 100 valence electrons. The SMILES string of the molecule is CC(C)Cn1ncnc1CC(=O)C1OCCC1C. The first-order valence-corrected chi connectivity index (χ1v) is 6.59. The number of ether oxygens (including phenoxy) is 1. The topological polar surface area (TPSA) is 57.0 Å². The number of carbonyl (C=O) groups excluding carboxylic acids is 1. The molecule has 5 heteroatoms. The summed E-state index contributed by atoms with van der Waals surface area (Å²) in [5.41, 5.74) is 0. The third kappa shape index (κ3) is 2.96. The molecule has 1 aromatic heterocycles. The van der Waals surface area contributed by atoms with Crippen molar-refractivity contribution in [3.8, 4) is 0 Å². The third-order valence-electron chi connectivity index (χ3n) is 3.27. The highest BCUT2D eigenvalue weighted by molar-refractivity contribution is 5.85. The van der Waals surface area contributed by atoms with Gasteiger partial charge in [-0.15, -0.1) is 0 Å². The van der Waals surface area contributed by atoms with Gasteiger partial charge in [0.25, 0.3) is 0 Å². The first-order chi connectivity index (χ1) is 8.58. The van der Waals surface area contributed by atoms with Crippen LogP contribution in [0.3, 0.4) is 0 Å². The predicted octanol–water partition coefficient (Wildman–Crippen LogP) is 1.47. The molecule has 0 radical (unpaired) electrons. The molecule has 2 heterocycles. The van der Waals surface area contributed by atoms with Gasteiger partial charge in [-0.1, -0.05) is 20.8 Å². The minimum Gasteiger partial charge on any atom is -0.370 e. The first kappa shape index (κ1) is 13.2. The molecule has 2 rings (SSSR count). The summed E-state index contributed by atoms with van der Waals surface area (Å²) in [5, 5.41) is 4.17. The van der Waals surface area contributed by atoms with Gasteiger partial charge in [0, 0.05) is 13.2 Å². The van der Waals surface area contributed by atoms with Gasteiger partial charge in [0.1, 0.15) is 18.3 Å². The second-order valence-electron chi connectivity index (χ2n) is 5.45. The number of ketones is 1. The Balaban J connectivity index is 2.00. The Morgan fingerprint density at radius 3 is 3.00 bits per heavy atom. The molecule has 0 spiro atoms. The van der Waals surface area contributed by atoms with Crippen LogP contribution in [0.5, 0.6) is 0 Å². The highest BCUT2D eigenvalue weighted by Crippen LogP contribution is 2.21. The van der Waals surface area contributed by atoms with Gasteiger partial charge in [0.15, 0.2) is 5.78 Å². The lowest BCUT2D eigenvalue weighted by Crippen LogP contribution is -2.28. The molecule has 1 aliphatic rings. The lowest BCUT2D eigenvalue weighted by molar-refractivity contribution is -0.128. The molecule has 5 nitrogen and oxygen atoms in total. The quantitative estimate of drug-likeness (QED) is 0.795. The van der Waals surface area contributed by atoms with Crippen LogP contribution in [0.2, 0.25) is 0 Å². The zero-order chi connectivity index (χ0) is 13.1. The number of hydrogen-bond acceptors (Lipinski definition) is 4. The molecule has 0 bridgehead atoms. The van der Waals surface area contributed by atoms with E-state index in [1.54, 1.807) is 0 Å². The summed E-state index contributed by atoms with van der Waals surface area (Å²) in [5.74, 6) is 1.68. The molecule has 0 amide bonds. The molecule has 0 aliphatic carbocycles. The largest absolute Gasteiger partial charge is 0.370 e. The predicted molar refractivity (Wildman–Crippen MR) is 67.1 cm³/mol. The maximum absolute atomic E-state index is 12.2. The van der Waals surface area contributed by atoms with Crippen molar-refractivity contribution in [3.63, 3.8) is 0 Å². The van der Waals surface area contributed by atoms with Gasteiger partial charge in [0.2, 0.25) is 0 Å². The Hall–Kier alpha value is -1.23. The molecule has 0 saturated carbocycles. The monoisotopic (exact) mass is 251 g/mol. The van der Waals surface area contributed by atoms with Crippen LogP contribution in [0.1, 0.15) is 33.0 Å². The van der Waals surface area contributed by atoms with Crippen LogP contribution in [0, 0.1) is 11.8 Å². The highest BCUT2D eigenvalue weighted by atomic mass is 16.5. The summed E-state index contributed by atoms with van der Waals surface area (Å²) in [4.78, 5) is 16.3. The van der Waals surface area contributed by atoms with Gasteiger partial charge >= 0.3 is 0 Å². The molecular formula is C13H21N3O2. The van der Waals surface area contributed by atoms with E-state index in [2.05, 4.69) is 30.9 Å². The van der Waals surface area contributed by atoms with E-state index in [0.717, 1.165) is 18.8 Å². The number of Topliss-reactive ketones (excluding diaryl/α,β-unsaturated/α-hetero) is 1. The van der Waals surface area contributed by atoms with Crippen molar-refractivity contribution in [2.45, 2.75) is 46.3 Å². The van der Waals surface area contributed by atoms with Crippen molar-refractivity contribution in [1.82, 2.24) is 14.8 Å². The highest BCUT2D eigenvalue weighted by Gasteiger charge is 2.31. The summed E-state index contributed by atoms with van der Waals surface area (Å²) in [6, 6.07) is 0. The van der Waals surface area contributed by atoms with Crippen LogP contribution in [0.25, 0.3) is 0 Å². The molecule has 1 fully saturated rings. The van der Waals surface area contributed by atoms with Crippen LogP contribution in [0.4, 0.5) is 0 Å². The second kappa shape index (κ2) is 5.61. The standard InChI is InChI=1S/C13H21N3O2/c1-9(2)7-16-12(14-8-15-16)6-11(17)13-10(3)4-5-18-13/h8-10,13H,4-7H2,1-3H3. The lowest BCUT2D eigenvalue weighted by atomic mass is 9.99. The molecule has 1 aromatic rings. The number of hydrogen-bond donors (Lipinski definition) is 0. The Morgan fingerprint density at radius 2 is 2.39 bits per heavy atom. The fraction of sp³-hybridized carbons (Fsp3) is 0.769. The zero-order valence-electron chi connectivity index (χ0n) is 11.3. The van der Waals surface area contributed by atoms with E-state index in [1.807, 2.05) is 4.68 Å². The normalized spacial score (nSPS) is 23.8. The van der Waals surface area contributed by atoms with Gasteiger partial charge in [-0.2, -0.15) is 5.10 Å². The Bertz CT molecular complexity index is 414. The van der Waals surface area contributed by atoms with E-state index in [0.29, 0.717) is 24.9 Å². The van der Waals surface area contributed by atoms with E-state index in [-0.39, 0.29) is 11.9 Å². The van der Waals surface area contributed by atoms with E-state index >= 15 is 0 Å². The molecular weight excluding hydrogens is 230 g/mol. The number of aromatic nitrogens is 3. The molecule has 0 aromatic carbocycles. The van der Waals surface area contributed by atoms with E-state index < -0.39 is 0 Å². The van der Waals surface area contributed by atoms with Gasteiger partial charge in [0.05, 0.1) is 6.42 Å². The van der Waals surface area contributed by atoms with E-state index in [1.165, 1.54) is 6.33 Å². The van der Waals surface area contributed by atoms with Crippen molar-refractivity contribution in [1.29, 1.82) is 0 Å². The Labute approximate surface area is 108 Å². The van der Waals surface area contributed by atoms with Crippen molar-refractivity contribution in [2.75, 3.05) is 6.61 Å². The van der Waals surface area contributed by atoms with Gasteiger partial charge in [-0.3, -0.25) is 4.79 Å². The van der Waals surface area contributed by atoms with Crippen molar-refractivity contribution < 1.29 is 9.53 Å². The summed E-state index contributed by atoms with van der Waals surface area (Å²) in [6.45, 7) is 7.79. The summed E-state index contributed by atoms with van der Waals surface area (Å²) in [6.07, 6.45) is 2.55. The van der Waals surface area contributed by atoms with Gasteiger partial charge < -0.3 is 4.74 Å². The fourth-order valence-electron chi connectivity index (χ4n) is 2.29. The summed E-state index contributed by atoms with van der Waals surface area (Å²) in [7, 11) is 0. The number of nitrogens with zero attached hydrogens (tertiary/aromatic N) is 3. The van der Waals surface area contributed by atoms with Crippen LogP contribution in [-0.4, -0.2) is 33.3 Å². The minimum atomic E-state index is -0.255. The molecule has 2 atom stereocenters. The van der Waals surface area contributed by atoms with Crippen LogP contribution in [-0.2, 0) is 22.5 Å². The first-order valence-electron chi connectivity index (χ1n) is 6.59. The molecule has 0 N–H and O–H groups in total. The average Bonchev–Trinajstić information content (AvgIpc) is 2.88. The van der Waals surface area contributed by atoms with Crippen LogP contribution < -0.4 is 0 Å². The van der Waals surface area contributed by atoms with E-state index in [9.17, 15) is 4.79 Å². The fourth-order valence-corrected chi connectivity index (χ4v) is 2.29. The molecule has 18 heavy (non-hydrogen) atoms. The smallest absolute Gasteiger partial charge is 0.169 e. The number of carbonyl (C=O) groups is 1. The lowest BCUT2D eigenvalue weighted by Gasteiger charge is -2.13. The van der Waals surface area contributed by atoms with Gasteiger partial charge in [-0.05, 0) is 18.3 Å². The minimum absolute atomic E-state index is 0.123. The Morgan fingerprint density at radius 1 is 1.61 bits per heavy atom. The average molecular weight is 251 g/mol. The van der Waals surface area contributed by atoms with E-state index in [4.69, 9.17) is 4.74 Å². The van der Waals surface area contributed by atoms with Gasteiger partial charge in [-0.25, -0.2) is 9.67 Å². The maximum Gasteiger partial charge on any atom is 0.169 e. The summed E-state index contributed by atoms with van der Waals surface area (Å²) < 4.78 is 7.31. The molecule has 1 aliphatic heterocycles. The van der Waals surface area contributed by atoms with Crippen LogP contribution >= 0.6 is 0 Å².